The number of hydrogen-bond acceptors (Lipinski definition) is 8. The van der Waals surface area contributed by atoms with Crippen molar-refractivity contribution < 1.29 is 42.6 Å². The first kappa shape index (κ1) is 26.5. The van der Waals surface area contributed by atoms with Gasteiger partial charge >= 0.3 is 17.9 Å². The topological polar surface area (TPSA) is 137 Å². The Bertz CT molecular complexity index is 844. The average molecular weight is 454 g/mol. The highest BCUT2D eigenvalue weighted by Crippen LogP contribution is 2.21. The number of carbonyl (C=O) groups is 5. The molecule has 0 bridgehead atoms. The second-order valence-electron chi connectivity index (χ2n) is 6.94. The van der Waals surface area contributed by atoms with Crippen LogP contribution in [0.3, 0.4) is 0 Å². The molecule has 176 valence electrons. The van der Waals surface area contributed by atoms with Gasteiger partial charge in [-0.2, -0.15) is 0 Å². The molecule has 0 unspecified atom stereocenters. The van der Waals surface area contributed by atoms with Crippen LogP contribution < -0.4 is 10.6 Å². The van der Waals surface area contributed by atoms with Gasteiger partial charge < -0.3 is 24.8 Å². The van der Waals surface area contributed by atoms with Crippen molar-refractivity contribution in [1.82, 2.24) is 10.6 Å². The number of methoxy groups -OCH3 is 3. The van der Waals surface area contributed by atoms with E-state index in [0.717, 1.165) is 21.3 Å². The van der Waals surface area contributed by atoms with E-state index >= 15 is 0 Å². The van der Waals surface area contributed by atoms with Crippen molar-refractivity contribution in [2.75, 3.05) is 21.3 Å². The molecule has 11 heteroatoms. The average Bonchev–Trinajstić information content (AvgIpc) is 2.76. The quantitative estimate of drug-likeness (QED) is 0.289. The highest BCUT2D eigenvalue weighted by Gasteiger charge is 2.43. The van der Waals surface area contributed by atoms with Crippen molar-refractivity contribution in [2.45, 2.75) is 32.4 Å². The van der Waals surface area contributed by atoms with Gasteiger partial charge in [0, 0.05) is 19.3 Å². The molecule has 0 aliphatic rings. The molecular formula is C21H27FN2O8. The van der Waals surface area contributed by atoms with Gasteiger partial charge in [0.2, 0.25) is 11.8 Å². The highest BCUT2D eigenvalue weighted by atomic mass is 19.1. The van der Waals surface area contributed by atoms with Gasteiger partial charge in [0.05, 0.1) is 21.3 Å². The monoisotopic (exact) mass is 454 g/mol. The lowest BCUT2D eigenvalue weighted by molar-refractivity contribution is -0.163. The van der Waals surface area contributed by atoms with Gasteiger partial charge in [0.15, 0.2) is 5.92 Å². The number of amides is 2. The normalized spacial score (nSPS) is 13.3. The smallest absolute Gasteiger partial charge is 0.328 e. The Labute approximate surface area is 184 Å². The van der Waals surface area contributed by atoms with Crippen LogP contribution in [0.15, 0.2) is 24.3 Å². The van der Waals surface area contributed by atoms with Crippen molar-refractivity contribution in [3.8, 4) is 0 Å². The fourth-order valence-electron chi connectivity index (χ4n) is 3.10. The second kappa shape index (κ2) is 12.4. The van der Waals surface area contributed by atoms with E-state index in [1.807, 2.05) is 0 Å². The van der Waals surface area contributed by atoms with E-state index in [0.29, 0.717) is 0 Å². The summed E-state index contributed by atoms with van der Waals surface area (Å²) in [4.78, 5) is 61.2. The molecule has 1 aromatic rings. The van der Waals surface area contributed by atoms with Gasteiger partial charge in [-0.15, -0.1) is 0 Å². The Balaban J connectivity index is 3.23. The van der Waals surface area contributed by atoms with Crippen molar-refractivity contribution in [3.63, 3.8) is 0 Å². The zero-order valence-corrected chi connectivity index (χ0v) is 18.5. The number of halogens is 1. The molecule has 2 amide bonds. The number of carbonyl (C=O) groups excluding carboxylic acids is 5. The molecule has 1 aromatic carbocycles. The molecule has 3 atom stereocenters. The number of ether oxygens (including phenoxy) is 3. The number of benzene rings is 1. The maximum Gasteiger partial charge on any atom is 0.328 e. The number of nitrogens with one attached hydrogen (secondary N) is 2. The molecule has 0 saturated carbocycles. The van der Waals surface area contributed by atoms with E-state index < -0.39 is 59.5 Å². The molecule has 1 rings (SSSR count). The minimum Gasteiger partial charge on any atom is -0.468 e. The standard InChI is InChI=1S/C21H27FN2O8/c1-11(16(19(27)30-3)20(28)31-4)17(21(29)32-5)24-18(26)15(23-12(2)25)10-13-8-6-7-9-14(13)22/h6-9,11,15-17H,10H2,1-5H3,(H,23,25)(H,24,26)/t11-,15-,17-/m0/s1. The first-order valence-corrected chi connectivity index (χ1v) is 9.61. The summed E-state index contributed by atoms with van der Waals surface area (Å²) in [5, 5.41) is 4.79. The summed E-state index contributed by atoms with van der Waals surface area (Å²) in [5.74, 6) is -7.57. The van der Waals surface area contributed by atoms with Crippen LogP contribution in [0, 0.1) is 17.7 Å². The minimum absolute atomic E-state index is 0.158. The molecule has 0 radical (unpaired) electrons. The maximum absolute atomic E-state index is 14.1. The fraction of sp³-hybridized carbons (Fsp3) is 0.476. The van der Waals surface area contributed by atoms with E-state index in [2.05, 4.69) is 20.1 Å². The Kier molecular flexibility index (Phi) is 10.3. The van der Waals surface area contributed by atoms with E-state index in [9.17, 15) is 28.4 Å². The van der Waals surface area contributed by atoms with Crippen molar-refractivity contribution in [2.24, 2.45) is 11.8 Å². The molecule has 32 heavy (non-hydrogen) atoms. The summed E-state index contributed by atoms with van der Waals surface area (Å²) in [6, 6.07) is 2.96. The summed E-state index contributed by atoms with van der Waals surface area (Å²) in [5.41, 5.74) is 0.158. The van der Waals surface area contributed by atoms with Crippen molar-refractivity contribution in [1.29, 1.82) is 0 Å². The van der Waals surface area contributed by atoms with Crippen LogP contribution in [0.5, 0.6) is 0 Å². The summed E-state index contributed by atoms with van der Waals surface area (Å²) in [6.45, 7) is 2.53. The molecule has 2 N–H and O–H groups in total. The van der Waals surface area contributed by atoms with Crippen molar-refractivity contribution in [3.05, 3.63) is 35.6 Å². The predicted molar refractivity (Wildman–Crippen MR) is 108 cm³/mol. The van der Waals surface area contributed by atoms with Gasteiger partial charge in [0.25, 0.3) is 0 Å². The molecule has 0 spiro atoms. The first-order valence-electron chi connectivity index (χ1n) is 9.61. The molecule has 0 aliphatic heterocycles. The maximum atomic E-state index is 14.1. The van der Waals surface area contributed by atoms with Crippen LogP contribution >= 0.6 is 0 Å². The first-order chi connectivity index (χ1) is 15.1. The van der Waals surface area contributed by atoms with Crippen molar-refractivity contribution >= 4 is 29.7 Å². The summed E-state index contributed by atoms with van der Waals surface area (Å²) >= 11 is 0. The van der Waals surface area contributed by atoms with Crippen LogP contribution in [0.2, 0.25) is 0 Å². The highest BCUT2D eigenvalue weighted by molar-refractivity contribution is 5.97. The second-order valence-corrected chi connectivity index (χ2v) is 6.94. The SMILES string of the molecule is COC(=O)C(C(=O)OC)[C@H](C)[C@H](NC(=O)[C@H](Cc1ccccc1F)NC(C)=O)C(=O)OC. The Morgan fingerprint density at radius 3 is 1.91 bits per heavy atom. The van der Waals surface area contributed by atoms with E-state index in [-0.39, 0.29) is 12.0 Å². The van der Waals surface area contributed by atoms with Gasteiger partial charge in [-0.3, -0.25) is 19.2 Å². The van der Waals surface area contributed by atoms with Crippen LogP contribution in [-0.2, 0) is 44.6 Å². The minimum atomic E-state index is -1.54. The number of rotatable bonds is 10. The zero-order valence-electron chi connectivity index (χ0n) is 18.5. The molecule has 10 nitrogen and oxygen atoms in total. The third-order valence-electron chi connectivity index (χ3n) is 4.79. The van der Waals surface area contributed by atoms with Gasteiger partial charge in [-0.05, 0) is 11.6 Å². The van der Waals surface area contributed by atoms with Gasteiger partial charge in [0.1, 0.15) is 17.9 Å². The van der Waals surface area contributed by atoms with Gasteiger partial charge in [-0.1, -0.05) is 25.1 Å². The summed E-state index contributed by atoms with van der Waals surface area (Å²) in [6.07, 6.45) is -0.211. The van der Waals surface area contributed by atoms with E-state index in [4.69, 9.17) is 4.74 Å². The van der Waals surface area contributed by atoms with E-state index in [1.165, 1.54) is 32.0 Å². The van der Waals surface area contributed by atoms with Crippen LogP contribution in [-0.4, -0.2) is 63.1 Å². The molecular weight excluding hydrogens is 427 g/mol. The Hall–Kier alpha value is -3.50. The Morgan fingerprint density at radius 2 is 1.44 bits per heavy atom. The van der Waals surface area contributed by atoms with E-state index in [1.54, 1.807) is 6.07 Å². The molecule has 0 saturated heterocycles. The molecule has 0 fully saturated rings. The molecule has 0 aromatic heterocycles. The summed E-state index contributed by atoms with van der Waals surface area (Å²) in [7, 11) is 3.17. The lowest BCUT2D eigenvalue weighted by Gasteiger charge is -2.28. The van der Waals surface area contributed by atoms with Crippen LogP contribution in [0.1, 0.15) is 19.4 Å². The zero-order chi connectivity index (χ0) is 24.4. The lowest BCUT2D eigenvalue weighted by atomic mass is 9.87. The summed E-state index contributed by atoms with van der Waals surface area (Å²) < 4.78 is 28.0. The number of esters is 3. The third kappa shape index (κ3) is 7.03. The molecule has 0 aliphatic carbocycles. The fourth-order valence-corrected chi connectivity index (χ4v) is 3.10. The van der Waals surface area contributed by atoms with Gasteiger partial charge in [-0.25, -0.2) is 9.18 Å². The molecule has 0 heterocycles. The third-order valence-corrected chi connectivity index (χ3v) is 4.79. The van der Waals surface area contributed by atoms with Crippen LogP contribution in [0.4, 0.5) is 4.39 Å². The van der Waals surface area contributed by atoms with Crippen LogP contribution in [0.25, 0.3) is 0 Å². The largest absolute Gasteiger partial charge is 0.468 e. The lowest BCUT2D eigenvalue weighted by Crippen LogP contribution is -2.56. The Morgan fingerprint density at radius 1 is 0.906 bits per heavy atom. The number of hydrogen-bond donors (Lipinski definition) is 2. The predicted octanol–water partition coefficient (Wildman–Crippen LogP) is 0.129.